The zero-order valence-corrected chi connectivity index (χ0v) is 12.0. The van der Waals surface area contributed by atoms with Crippen LogP contribution in [-0.4, -0.2) is 26.1 Å². The van der Waals surface area contributed by atoms with E-state index < -0.39 is 8.07 Å². The first-order valence-corrected chi connectivity index (χ1v) is 10.5. The Bertz CT molecular complexity index is 128. The van der Waals surface area contributed by atoms with Crippen LogP contribution in [0, 0.1) is 0 Å². The van der Waals surface area contributed by atoms with Gasteiger partial charge in [-0.3, -0.25) is 0 Å². The van der Waals surface area contributed by atoms with Crippen molar-refractivity contribution in [2.75, 3.05) is 18.1 Å². The van der Waals surface area contributed by atoms with Gasteiger partial charge in [0.1, 0.15) is 0 Å². The molecule has 0 aliphatic carbocycles. The lowest BCUT2D eigenvalue weighted by Crippen LogP contribution is -2.24. The maximum Gasteiger partial charge on any atom is 0.0474 e. The maximum atomic E-state index is 5.45. The summed E-state index contributed by atoms with van der Waals surface area (Å²) in [5.74, 6) is 2.46. The second-order valence-electron chi connectivity index (χ2n) is 4.77. The molecule has 0 amide bonds. The van der Waals surface area contributed by atoms with E-state index in [0.717, 1.165) is 12.3 Å². The largest absolute Gasteiger partial charge is 0.330 e. The summed E-state index contributed by atoms with van der Waals surface area (Å²) in [6.45, 7) is 8.20. The van der Waals surface area contributed by atoms with Crippen molar-refractivity contribution in [1.29, 1.82) is 0 Å². The average Bonchev–Trinajstić information content (AvgIpc) is 2.15. The molecule has 0 spiro atoms. The minimum atomic E-state index is -0.829. The first-order chi connectivity index (χ1) is 6.62. The van der Waals surface area contributed by atoms with Crippen molar-refractivity contribution in [2.24, 2.45) is 5.73 Å². The topological polar surface area (TPSA) is 26.0 Å². The third-order valence-electron chi connectivity index (χ3n) is 2.61. The molecule has 0 unspecified atom stereocenters. The summed E-state index contributed by atoms with van der Waals surface area (Å²) < 4.78 is 0. The highest BCUT2D eigenvalue weighted by molar-refractivity contribution is 7.99. The molecule has 0 atom stereocenters. The number of rotatable bonds is 9. The van der Waals surface area contributed by atoms with Gasteiger partial charge in [-0.05, 0) is 12.2 Å². The monoisotopic (exact) mass is 233 g/mol. The lowest BCUT2D eigenvalue weighted by atomic mass is 10.4. The molecule has 1 nitrogen and oxygen atoms in total. The highest BCUT2D eigenvalue weighted by atomic mass is 32.2. The fourth-order valence-corrected chi connectivity index (χ4v) is 5.29. The van der Waals surface area contributed by atoms with Gasteiger partial charge in [-0.25, -0.2) is 0 Å². The van der Waals surface area contributed by atoms with Gasteiger partial charge in [0, 0.05) is 20.4 Å². The Balaban J connectivity index is 3.35. The van der Waals surface area contributed by atoms with E-state index in [1.165, 1.54) is 37.1 Å². The van der Waals surface area contributed by atoms with E-state index in [4.69, 9.17) is 5.73 Å². The highest BCUT2D eigenvalue weighted by Crippen LogP contribution is 2.21. The van der Waals surface area contributed by atoms with Gasteiger partial charge in [-0.2, -0.15) is 11.8 Å². The molecular weight excluding hydrogens is 206 g/mol. The summed E-state index contributed by atoms with van der Waals surface area (Å²) >= 11 is 2.01. The van der Waals surface area contributed by atoms with Crippen LogP contribution >= 0.6 is 11.8 Å². The zero-order chi connectivity index (χ0) is 10.9. The van der Waals surface area contributed by atoms with E-state index in [1.54, 1.807) is 0 Å². The number of nitrogens with two attached hydrogens (primary N) is 1. The standard InChI is InChI=1S/C11H27NSSi/c1-4-5-10-14(2,3)11-6-8-13-9-7-12/h4-12H2,1-3H3. The molecule has 0 aromatic rings. The number of thioether (sulfide) groups is 1. The van der Waals surface area contributed by atoms with Gasteiger partial charge in [0.15, 0.2) is 0 Å². The average molecular weight is 233 g/mol. The first kappa shape index (κ1) is 14.5. The predicted molar refractivity (Wildman–Crippen MR) is 73.0 cm³/mol. The molecular formula is C11H27NSSi. The maximum absolute atomic E-state index is 5.45. The molecule has 2 N–H and O–H groups in total. The summed E-state index contributed by atoms with van der Waals surface area (Å²) in [4.78, 5) is 0. The Morgan fingerprint density at radius 3 is 2.29 bits per heavy atom. The molecule has 0 rings (SSSR count). The molecule has 0 aliphatic heterocycles. The molecule has 14 heavy (non-hydrogen) atoms. The predicted octanol–water partition coefficient (Wildman–Crippen LogP) is 3.58. The SMILES string of the molecule is CCCC[Si](C)(C)CCCSCCN. The van der Waals surface area contributed by atoms with Gasteiger partial charge < -0.3 is 5.73 Å². The van der Waals surface area contributed by atoms with Crippen molar-refractivity contribution in [3.63, 3.8) is 0 Å². The van der Waals surface area contributed by atoms with Crippen molar-refractivity contribution in [2.45, 2.75) is 51.4 Å². The third-order valence-corrected chi connectivity index (χ3v) is 7.13. The van der Waals surface area contributed by atoms with Gasteiger partial charge in [-0.15, -0.1) is 0 Å². The Kier molecular flexibility index (Phi) is 9.14. The van der Waals surface area contributed by atoms with Crippen LogP contribution in [0.15, 0.2) is 0 Å². The van der Waals surface area contributed by atoms with Crippen LogP contribution in [0.2, 0.25) is 25.2 Å². The molecule has 0 aromatic carbocycles. The lowest BCUT2D eigenvalue weighted by Gasteiger charge is -2.21. The summed E-state index contributed by atoms with van der Waals surface area (Å²) in [7, 11) is -0.829. The molecule has 0 bridgehead atoms. The normalized spacial score (nSPS) is 12.0. The lowest BCUT2D eigenvalue weighted by molar-refractivity contribution is 0.858. The van der Waals surface area contributed by atoms with Crippen LogP contribution in [0.5, 0.6) is 0 Å². The summed E-state index contributed by atoms with van der Waals surface area (Å²) in [6, 6.07) is 3.02. The first-order valence-electron chi connectivity index (χ1n) is 5.90. The fourth-order valence-electron chi connectivity index (χ4n) is 1.62. The summed E-state index contributed by atoms with van der Waals surface area (Å²) in [6.07, 6.45) is 4.21. The van der Waals surface area contributed by atoms with Crippen molar-refractivity contribution in [3.8, 4) is 0 Å². The van der Waals surface area contributed by atoms with Crippen LogP contribution < -0.4 is 5.73 Å². The van der Waals surface area contributed by atoms with Gasteiger partial charge in [0.25, 0.3) is 0 Å². The summed E-state index contributed by atoms with van der Waals surface area (Å²) in [5, 5.41) is 0. The third kappa shape index (κ3) is 9.10. The molecule has 0 saturated carbocycles. The molecule has 3 heteroatoms. The highest BCUT2D eigenvalue weighted by Gasteiger charge is 2.18. The molecule has 0 aliphatic rings. The number of hydrogen-bond acceptors (Lipinski definition) is 2. The summed E-state index contributed by atoms with van der Waals surface area (Å²) in [5.41, 5.74) is 5.45. The Morgan fingerprint density at radius 2 is 1.71 bits per heavy atom. The smallest absolute Gasteiger partial charge is 0.0474 e. The molecule has 0 heterocycles. The van der Waals surface area contributed by atoms with Crippen LogP contribution in [-0.2, 0) is 0 Å². The quantitative estimate of drug-likeness (QED) is 0.487. The Morgan fingerprint density at radius 1 is 1.07 bits per heavy atom. The van der Waals surface area contributed by atoms with Crippen molar-refractivity contribution in [3.05, 3.63) is 0 Å². The van der Waals surface area contributed by atoms with Crippen LogP contribution in [0.1, 0.15) is 26.2 Å². The van der Waals surface area contributed by atoms with Crippen molar-refractivity contribution < 1.29 is 0 Å². The Labute approximate surface area is 95.2 Å². The van der Waals surface area contributed by atoms with E-state index in [9.17, 15) is 0 Å². The van der Waals surface area contributed by atoms with Gasteiger partial charge >= 0.3 is 0 Å². The van der Waals surface area contributed by atoms with E-state index in [1.807, 2.05) is 11.8 Å². The zero-order valence-electron chi connectivity index (χ0n) is 10.1. The van der Waals surface area contributed by atoms with E-state index >= 15 is 0 Å². The van der Waals surface area contributed by atoms with Crippen molar-refractivity contribution in [1.82, 2.24) is 0 Å². The van der Waals surface area contributed by atoms with E-state index in [0.29, 0.717) is 0 Å². The molecule has 86 valence electrons. The van der Waals surface area contributed by atoms with Crippen molar-refractivity contribution >= 4 is 19.8 Å². The minimum Gasteiger partial charge on any atom is -0.330 e. The number of hydrogen-bond donors (Lipinski definition) is 1. The Hall–Kier alpha value is 0.527. The van der Waals surface area contributed by atoms with Crippen LogP contribution in [0.4, 0.5) is 0 Å². The molecule has 0 saturated heterocycles. The molecule has 0 radical (unpaired) electrons. The minimum absolute atomic E-state index is 0.829. The van der Waals surface area contributed by atoms with Gasteiger partial charge in [0.2, 0.25) is 0 Å². The van der Waals surface area contributed by atoms with E-state index in [-0.39, 0.29) is 0 Å². The second-order valence-corrected chi connectivity index (χ2v) is 11.3. The number of unbranched alkanes of at least 4 members (excludes halogenated alkanes) is 1. The fraction of sp³-hybridized carbons (Fsp3) is 1.00. The molecule has 0 aromatic heterocycles. The van der Waals surface area contributed by atoms with Gasteiger partial charge in [-0.1, -0.05) is 44.9 Å². The second kappa shape index (κ2) is 8.80. The van der Waals surface area contributed by atoms with Crippen LogP contribution in [0.3, 0.4) is 0 Å². The van der Waals surface area contributed by atoms with Gasteiger partial charge in [0.05, 0.1) is 0 Å². The molecule has 0 fully saturated rings. The van der Waals surface area contributed by atoms with Crippen LogP contribution in [0.25, 0.3) is 0 Å². The van der Waals surface area contributed by atoms with E-state index in [2.05, 4.69) is 20.0 Å².